The van der Waals surface area contributed by atoms with Crippen molar-refractivity contribution in [1.82, 2.24) is 9.80 Å². The molecule has 29 heavy (non-hydrogen) atoms. The number of carbonyl (C=O) groups excluding carboxylic acids is 1. The van der Waals surface area contributed by atoms with Crippen LogP contribution in [0.15, 0.2) is 41.4 Å². The van der Waals surface area contributed by atoms with Gasteiger partial charge in [0.1, 0.15) is 11.6 Å². The topological polar surface area (TPSA) is 35.9 Å². The van der Waals surface area contributed by atoms with Gasteiger partial charge in [0.25, 0.3) is 0 Å². The zero-order valence-electron chi connectivity index (χ0n) is 18.5. The Morgan fingerprint density at radius 1 is 0.931 bits per heavy atom. The summed E-state index contributed by atoms with van der Waals surface area (Å²) in [4.78, 5) is 21.1. The normalized spacial score (nSPS) is 15.6. The number of aliphatic imine (C=N–C) groups is 1. The highest BCUT2D eigenvalue weighted by molar-refractivity contribution is 6.00. The second-order valence-electron chi connectivity index (χ2n) is 8.21. The molecule has 0 aromatic heterocycles. The molecular weight excluding hydrogens is 358 g/mol. The molecular formula is C25H33N3O. The van der Waals surface area contributed by atoms with E-state index in [9.17, 15) is 4.79 Å². The van der Waals surface area contributed by atoms with Gasteiger partial charge in [0.15, 0.2) is 0 Å². The summed E-state index contributed by atoms with van der Waals surface area (Å²) in [5.74, 6) is 1.32. The Labute approximate surface area is 175 Å². The van der Waals surface area contributed by atoms with Crippen molar-refractivity contribution in [3.8, 4) is 0 Å². The van der Waals surface area contributed by atoms with Crippen LogP contribution in [0.2, 0.25) is 0 Å². The van der Waals surface area contributed by atoms with Crippen LogP contribution >= 0.6 is 0 Å². The highest BCUT2D eigenvalue weighted by Crippen LogP contribution is 2.20. The van der Waals surface area contributed by atoms with Gasteiger partial charge in [-0.05, 0) is 55.5 Å². The molecule has 1 aliphatic rings. The van der Waals surface area contributed by atoms with Crippen LogP contribution in [0.1, 0.15) is 40.3 Å². The first-order valence-electron chi connectivity index (χ1n) is 10.5. The summed E-state index contributed by atoms with van der Waals surface area (Å²) >= 11 is 0. The number of Topliss-reactive ketones (excluding diaryl/α,β-unsaturated/α-hetero) is 1. The summed E-state index contributed by atoms with van der Waals surface area (Å²) in [6.45, 7) is 13.0. The van der Waals surface area contributed by atoms with Gasteiger partial charge < -0.3 is 4.90 Å². The Hall–Kier alpha value is -2.46. The van der Waals surface area contributed by atoms with E-state index in [-0.39, 0.29) is 5.78 Å². The minimum absolute atomic E-state index is 0.221. The predicted octanol–water partition coefficient (Wildman–Crippen LogP) is 3.94. The smallest absolute Gasteiger partial charge is 0.134 e. The molecule has 0 unspecified atom stereocenters. The highest BCUT2D eigenvalue weighted by Gasteiger charge is 2.22. The summed E-state index contributed by atoms with van der Waals surface area (Å²) in [6.07, 6.45) is 0.527. The van der Waals surface area contributed by atoms with E-state index in [1.165, 1.54) is 27.8 Å². The molecule has 154 valence electrons. The third-order valence-electron chi connectivity index (χ3n) is 5.90. The zero-order chi connectivity index (χ0) is 21.0. The van der Waals surface area contributed by atoms with Crippen molar-refractivity contribution in [1.29, 1.82) is 0 Å². The van der Waals surface area contributed by atoms with Crippen molar-refractivity contribution in [2.24, 2.45) is 4.99 Å². The molecule has 0 aliphatic carbocycles. The summed E-state index contributed by atoms with van der Waals surface area (Å²) < 4.78 is 0. The molecule has 1 saturated heterocycles. The van der Waals surface area contributed by atoms with E-state index in [1.807, 2.05) is 7.05 Å². The van der Waals surface area contributed by atoms with E-state index in [0.29, 0.717) is 6.42 Å². The highest BCUT2D eigenvalue weighted by atomic mass is 16.1. The first kappa shape index (κ1) is 21.3. The van der Waals surface area contributed by atoms with Gasteiger partial charge in [-0.25, -0.2) is 0 Å². The molecule has 2 aromatic rings. The minimum atomic E-state index is 0.221. The molecule has 2 aromatic carbocycles. The van der Waals surface area contributed by atoms with Crippen LogP contribution in [0.25, 0.3) is 0 Å². The van der Waals surface area contributed by atoms with Crippen LogP contribution < -0.4 is 0 Å². The fraction of sp³-hybridized carbons (Fsp3) is 0.440. The zero-order valence-corrected chi connectivity index (χ0v) is 18.5. The number of hydrogen-bond donors (Lipinski definition) is 0. The Morgan fingerprint density at radius 3 is 2.21 bits per heavy atom. The van der Waals surface area contributed by atoms with Crippen LogP contribution in [0.3, 0.4) is 0 Å². The molecule has 0 amide bonds. The van der Waals surface area contributed by atoms with Gasteiger partial charge in [-0.2, -0.15) is 0 Å². The Kier molecular flexibility index (Phi) is 6.86. The average molecular weight is 392 g/mol. The summed E-state index contributed by atoms with van der Waals surface area (Å²) in [7, 11) is 1.89. The van der Waals surface area contributed by atoms with Crippen LogP contribution in [-0.2, 0) is 17.8 Å². The Morgan fingerprint density at radius 2 is 1.59 bits per heavy atom. The van der Waals surface area contributed by atoms with Gasteiger partial charge in [0, 0.05) is 51.8 Å². The quantitative estimate of drug-likeness (QED) is 0.572. The van der Waals surface area contributed by atoms with Gasteiger partial charge in [-0.3, -0.25) is 14.7 Å². The van der Waals surface area contributed by atoms with Gasteiger partial charge in [0.2, 0.25) is 0 Å². The molecule has 1 aliphatic heterocycles. The lowest BCUT2D eigenvalue weighted by Gasteiger charge is -2.37. The lowest BCUT2D eigenvalue weighted by atomic mass is 9.96. The standard InChI is InChI=1S/C25H33N3O/c1-18-8-6-7-9-24(18)25(26-5)28-12-10-27(11-13-28)17-23-16-22(15-21(4)29)19(2)14-20(23)3/h6-9,14,16H,10-13,15,17H2,1-5H3. The third-order valence-corrected chi connectivity index (χ3v) is 5.90. The van der Waals surface area contributed by atoms with Crippen molar-refractivity contribution < 1.29 is 4.79 Å². The van der Waals surface area contributed by atoms with E-state index in [1.54, 1.807) is 6.92 Å². The number of benzene rings is 2. The molecule has 3 rings (SSSR count). The SMILES string of the molecule is CN=C(c1ccccc1C)N1CCN(Cc2cc(CC(C)=O)c(C)cc2C)CC1. The fourth-order valence-electron chi connectivity index (χ4n) is 4.19. The van der Waals surface area contributed by atoms with Crippen molar-refractivity contribution >= 4 is 11.6 Å². The third kappa shape index (κ3) is 5.13. The number of rotatable bonds is 5. The lowest BCUT2D eigenvalue weighted by Crippen LogP contribution is -2.48. The first-order chi connectivity index (χ1) is 13.9. The molecule has 0 saturated carbocycles. The number of hydrogen-bond acceptors (Lipinski definition) is 3. The van der Waals surface area contributed by atoms with E-state index >= 15 is 0 Å². The van der Waals surface area contributed by atoms with Gasteiger partial charge in [0.05, 0.1) is 0 Å². The van der Waals surface area contributed by atoms with Crippen molar-refractivity contribution in [2.45, 2.75) is 40.7 Å². The maximum atomic E-state index is 11.6. The van der Waals surface area contributed by atoms with E-state index in [4.69, 9.17) is 0 Å². The first-order valence-corrected chi connectivity index (χ1v) is 10.5. The second-order valence-corrected chi connectivity index (χ2v) is 8.21. The molecule has 1 fully saturated rings. The summed E-state index contributed by atoms with van der Waals surface area (Å²) in [5.41, 5.74) is 7.53. The summed E-state index contributed by atoms with van der Waals surface area (Å²) in [5, 5.41) is 0. The van der Waals surface area contributed by atoms with E-state index < -0.39 is 0 Å². The maximum absolute atomic E-state index is 11.6. The Balaban J connectivity index is 1.67. The molecule has 0 spiro atoms. The molecule has 4 nitrogen and oxygen atoms in total. The molecule has 1 heterocycles. The van der Waals surface area contributed by atoms with E-state index in [2.05, 4.69) is 72.0 Å². The number of nitrogens with zero attached hydrogens (tertiary/aromatic N) is 3. The number of piperazine rings is 1. The molecule has 0 radical (unpaired) electrons. The Bertz CT molecular complexity index is 908. The van der Waals surface area contributed by atoms with E-state index in [0.717, 1.165) is 44.1 Å². The largest absolute Gasteiger partial charge is 0.354 e. The van der Waals surface area contributed by atoms with Crippen LogP contribution in [0.5, 0.6) is 0 Å². The van der Waals surface area contributed by atoms with Crippen molar-refractivity contribution in [3.63, 3.8) is 0 Å². The van der Waals surface area contributed by atoms with Gasteiger partial charge >= 0.3 is 0 Å². The maximum Gasteiger partial charge on any atom is 0.134 e. The predicted molar refractivity (Wildman–Crippen MR) is 121 cm³/mol. The fourth-order valence-corrected chi connectivity index (χ4v) is 4.19. The van der Waals surface area contributed by atoms with Crippen LogP contribution in [0, 0.1) is 20.8 Å². The summed E-state index contributed by atoms with van der Waals surface area (Å²) in [6, 6.07) is 12.9. The number of aryl methyl sites for hydroxylation is 3. The molecule has 0 bridgehead atoms. The van der Waals surface area contributed by atoms with Gasteiger partial charge in [-0.15, -0.1) is 0 Å². The molecule has 0 atom stereocenters. The average Bonchev–Trinajstić information content (AvgIpc) is 2.68. The number of amidine groups is 1. The van der Waals surface area contributed by atoms with Crippen molar-refractivity contribution in [3.05, 3.63) is 69.8 Å². The van der Waals surface area contributed by atoms with Crippen LogP contribution in [0.4, 0.5) is 0 Å². The lowest BCUT2D eigenvalue weighted by molar-refractivity contribution is -0.116. The monoisotopic (exact) mass is 391 g/mol. The second kappa shape index (κ2) is 9.36. The van der Waals surface area contributed by atoms with Crippen LogP contribution in [-0.4, -0.2) is 54.6 Å². The number of ketones is 1. The van der Waals surface area contributed by atoms with Gasteiger partial charge in [-0.1, -0.05) is 36.4 Å². The molecule has 0 N–H and O–H groups in total. The molecule has 4 heteroatoms. The van der Waals surface area contributed by atoms with Crippen molar-refractivity contribution in [2.75, 3.05) is 33.2 Å². The minimum Gasteiger partial charge on any atom is -0.354 e. The number of carbonyl (C=O) groups is 1.